The summed E-state index contributed by atoms with van der Waals surface area (Å²) in [6, 6.07) is 6.01. The van der Waals surface area contributed by atoms with Crippen LogP contribution in [-0.4, -0.2) is 22.6 Å². The molecule has 1 aromatic heterocycles. The molecular weight excluding hydrogens is 258 g/mol. The van der Waals surface area contributed by atoms with E-state index in [2.05, 4.69) is 29.8 Å². The van der Waals surface area contributed by atoms with E-state index in [-0.39, 0.29) is 5.41 Å². The van der Waals surface area contributed by atoms with Gasteiger partial charge in [0.2, 0.25) is 0 Å². The smallest absolute Gasteiger partial charge is 0.117 e. The highest BCUT2D eigenvalue weighted by Gasteiger charge is 2.38. The minimum atomic E-state index is 0.182. The first-order valence-electron chi connectivity index (χ1n) is 7.07. The zero-order valence-electron chi connectivity index (χ0n) is 11.5. The third-order valence-electron chi connectivity index (χ3n) is 4.42. The molecular formula is C15H20ClN3. The Hall–Kier alpha value is -1.06. The highest BCUT2D eigenvalue weighted by atomic mass is 35.5. The van der Waals surface area contributed by atoms with E-state index >= 15 is 0 Å². The molecule has 0 amide bonds. The van der Waals surface area contributed by atoms with Gasteiger partial charge in [-0.05, 0) is 44.5 Å². The van der Waals surface area contributed by atoms with Crippen LogP contribution in [0.1, 0.15) is 32.5 Å². The van der Waals surface area contributed by atoms with Crippen molar-refractivity contribution >= 4 is 22.6 Å². The molecule has 3 rings (SSSR count). The molecule has 0 radical (unpaired) electrons. The van der Waals surface area contributed by atoms with Crippen LogP contribution in [0.3, 0.4) is 0 Å². The number of rotatable bonds is 3. The number of imidazole rings is 1. The van der Waals surface area contributed by atoms with Crippen LogP contribution in [0.5, 0.6) is 0 Å². The summed E-state index contributed by atoms with van der Waals surface area (Å²) in [6.45, 7) is 7.52. The van der Waals surface area contributed by atoms with Crippen LogP contribution < -0.4 is 5.32 Å². The fourth-order valence-corrected chi connectivity index (χ4v) is 3.39. The van der Waals surface area contributed by atoms with Crippen molar-refractivity contribution in [1.29, 1.82) is 0 Å². The largest absolute Gasteiger partial charge is 0.328 e. The Morgan fingerprint density at radius 3 is 2.89 bits per heavy atom. The molecule has 102 valence electrons. The number of hydrogen-bond acceptors (Lipinski definition) is 2. The molecule has 0 aliphatic carbocycles. The first-order chi connectivity index (χ1) is 9.20. The van der Waals surface area contributed by atoms with Crippen molar-refractivity contribution in [2.45, 2.75) is 38.6 Å². The lowest BCUT2D eigenvalue weighted by Crippen LogP contribution is -2.31. The van der Waals surface area contributed by atoms with Crippen molar-refractivity contribution in [2.24, 2.45) is 0 Å². The van der Waals surface area contributed by atoms with Gasteiger partial charge < -0.3 is 9.88 Å². The monoisotopic (exact) mass is 277 g/mol. The summed E-state index contributed by atoms with van der Waals surface area (Å²) in [5, 5.41) is 4.25. The van der Waals surface area contributed by atoms with E-state index < -0.39 is 0 Å². The third-order valence-corrected chi connectivity index (χ3v) is 4.66. The Labute approximate surface area is 119 Å². The maximum Gasteiger partial charge on any atom is 0.117 e. The molecule has 1 saturated heterocycles. The van der Waals surface area contributed by atoms with Crippen LogP contribution in [0.4, 0.5) is 0 Å². The molecule has 0 saturated carbocycles. The quantitative estimate of drug-likeness (QED) is 0.932. The minimum absolute atomic E-state index is 0.182. The van der Waals surface area contributed by atoms with Gasteiger partial charge in [-0.15, -0.1) is 0 Å². The fourth-order valence-electron chi connectivity index (χ4n) is 3.22. The number of benzene rings is 1. The van der Waals surface area contributed by atoms with Gasteiger partial charge in [-0.3, -0.25) is 0 Å². The summed E-state index contributed by atoms with van der Waals surface area (Å²) in [5.74, 6) is 1.22. The summed E-state index contributed by atoms with van der Waals surface area (Å²) < 4.78 is 2.35. The van der Waals surface area contributed by atoms with Gasteiger partial charge in [0.1, 0.15) is 5.82 Å². The lowest BCUT2D eigenvalue weighted by Gasteiger charge is -2.26. The summed E-state index contributed by atoms with van der Waals surface area (Å²) in [7, 11) is 0. The lowest BCUT2D eigenvalue weighted by atomic mass is 9.83. The van der Waals surface area contributed by atoms with Crippen molar-refractivity contribution in [3.8, 4) is 0 Å². The van der Waals surface area contributed by atoms with Gasteiger partial charge in [-0.1, -0.05) is 18.5 Å². The van der Waals surface area contributed by atoms with Gasteiger partial charge in [0.15, 0.2) is 0 Å². The zero-order chi connectivity index (χ0) is 13.5. The van der Waals surface area contributed by atoms with Gasteiger partial charge in [-0.2, -0.15) is 0 Å². The van der Waals surface area contributed by atoms with E-state index in [1.165, 1.54) is 17.8 Å². The third kappa shape index (κ3) is 1.96. The van der Waals surface area contributed by atoms with Crippen molar-refractivity contribution in [2.75, 3.05) is 13.1 Å². The van der Waals surface area contributed by atoms with Crippen LogP contribution in [0.15, 0.2) is 18.2 Å². The molecule has 1 aromatic carbocycles. The Morgan fingerprint density at radius 2 is 2.26 bits per heavy atom. The van der Waals surface area contributed by atoms with Crippen LogP contribution in [0.2, 0.25) is 5.02 Å². The number of hydrogen-bond donors (Lipinski definition) is 1. The number of nitrogens with one attached hydrogen (secondary N) is 1. The molecule has 4 heteroatoms. The molecule has 1 fully saturated rings. The van der Waals surface area contributed by atoms with Gasteiger partial charge in [0.25, 0.3) is 0 Å². The first kappa shape index (κ1) is 12.9. The van der Waals surface area contributed by atoms with E-state index in [0.717, 1.165) is 36.6 Å². The normalized spacial score (nSPS) is 23.3. The van der Waals surface area contributed by atoms with E-state index in [4.69, 9.17) is 16.6 Å². The van der Waals surface area contributed by atoms with Crippen molar-refractivity contribution < 1.29 is 0 Å². The molecule has 1 unspecified atom stereocenters. The standard InChI is InChI=1S/C15H20ClN3/c1-3-15(7-8-17-10-15)14-18-12-9-11(16)5-6-13(12)19(14)4-2/h5-6,9,17H,3-4,7-8,10H2,1-2H3. The van der Waals surface area contributed by atoms with Crippen LogP contribution in [0, 0.1) is 0 Å². The molecule has 0 bridgehead atoms. The van der Waals surface area contributed by atoms with Gasteiger partial charge in [0.05, 0.1) is 11.0 Å². The lowest BCUT2D eigenvalue weighted by molar-refractivity contribution is 0.408. The topological polar surface area (TPSA) is 29.9 Å². The second-order valence-corrected chi connectivity index (χ2v) is 5.81. The number of halogens is 1. The van der Waals surface area contributed by atoms with E-state index in [9.17, 15) is 0 Å². The predicted molar refractivity (Wildman–Crippen MR) is 79.9 cm³/mol. The minimum Gasteiger partial charge on any atom is -0.328 e. The molecule has 3 nitrogen and oxygen atoms in total. The zero-order valence-corrected chi connectivity index (χ0v) is 12.3. The SMILES string of the molecule is CCn1c(C2(CC)CCNC2)nc2cc(Cl)ccc21. The predicted octanol–water partition coefficient (Wildman–Crippen LogP) is 3.35. The molecule has 1 aliphatic heterocycles. The number of fused-ring (bicyclic) bond motifs is 1. The second-order valence-electron chi connectivity index (χ2n) is 5.37. The van der Waals surface area contributed by atoms with Crippen LogP contribution >= 0.6 is 11.6 Å². The summed E-state index contributed by atoms with van der Waals surface area (Å²) >= 11 is 6.09. The highest BCUT2D eigenvalue weighted by Crippen LogP contribution is 2.35. The fraction of sp³-hybridized carbons (Fsp3) is 0.533. The molecule has 1 N–H and O–H groups in total. The second kappa shape index (κ2) is 4.80. The number of nitrogens with zero attached hydrogens (tertiary/aromatic N) is 2. The number of aryl methyl sites for hydroxylation is 1. The highest BCUT2D eigenvalue weighted by molar-refractivity contribution is 6.31. The summed E-state index contributed by atoms with van der Waals surface area (Å²) in [6.07, 6.45) is 2.29. The van der Waals surface area contributed by atoms with Crippen molar-refractivity contribution in [1.82, 2.24) is 14.9 Å². The summed E-state index contributed by atoms with van der Waals surface area (Å²) in [4.78, 5) is 4.91. The molecule has 0 spiro atoms. The maximum atomic E-state index is 6.09. The Bertz CT molecular complexity index is 597. The average Bonchev–Trinajstić information content (AvgIpc) is 3.02. The van der Waals surface area contributed by atoms with E-state index in [1.807, 2.05) is 12.1 Å². The van der Waals surface area contributed by atoms with Crippen LogP contribution in [-0.2, 0) is 12.0 Å². The first-order valence-corrected chi connectivity index (χ1v) is 7.45. The molecule has 1 aliphatic rings. The number of aromatic nitrogens is 2. The Morgan fingerprint density at radius 1 is 1.42 bits per heavy atom. The van der Waals surface area contributed by atoms with Crippen molar-refractivity contribution in [3.63, 3.8) is 0 Å². The van der Waals surface area contributed by atoms with Crippen molar-refractivity contribution in [3.05, 3.63) is 29.0 Å². The van der Waals surface area contributed by atoms with E-state index in [1.54, 1.807) is 0 Å². The average molecular weight is 278 g/mol. The van der Waals surface area contributed by atoms with E-state index in [0.29, 0.717) is 0 Å². The molecule has 19 heavy (non-hydrogen) atoms. The molecule has 2 heterocycles. The van der Waals surface area contributed by atoms with Gasteiger partial charge >= 0.3 is 0 Å². The Balaban J connectivity index is 2.22. The Kier molecular flexibility index (Phi) is 3.27. The van der Waals surface area contributed by atoms with Crippen LogP contribution in [0.25, 0.3) is 11.0 Å². The molecule has 1 atom stereocenters. The molecule has 2 aromatic rings. The maximum absolute atomic E-state index is 6.09. The summed E-state index contributed by atoms with van der Waals surface area (Å²) in [5.41, 5.74) is 2.40. The van der Waals surface area contributed by atoms with Gasteiger partial charge in [0, 0.05) is 23.5 Å². The van der Waals surface area contributed by atoms with Gasteiger partial charge in [-0.25, -0.2) is 4.98 Å².